The Hall–Kier alpha value is -3.32. The molecule has 1 aromatic carbocycles. The second-order valence-corrected chi connectivity index (χ2v) is 9.78. The molecular weight excluding hydrogens is 460 g/mol. The summed E-state index contributed by atoms with van der Waals surface area (Å²) in [6, 6.07) is 4.54. The number of sulfonamides is 1. The molecule has 2 aliphatic rings. The second-order valence-electron chi connectivity index (χ2n) is 7.70. The first kappa shape index (κ1) is 22.9. The van der Waals surface area contributed by atoms with Crippen LogP contribution in [-0.2, 0) is 20.3 Å². The van der Waals surface area contributed by atoms with E-state index >= 15 is 4.39 Å². The van der Waals surface area contributed by atoms with Crippen LogP contribution >= 0.6 is 0 Å². The molecule has 1 saturated heterocycles. The van der Waals surface area contributed by atoms with Crippen LogP contribution in [0, 0.1) is 11.6 Å². The van der Waals surface area contributed by atoms with Crippen molar-refractivity contribution >= 4 is 27.6 Å². The number of aromatic nitrogens is 1. The van der Waals surface area contributed by atoms with Gasteiger partial charge >= 0.3 is 0 Å². The predicted octanol–water partition coefficient (Wildman–Crippen LogP) is 1.19. The third-order valence-electron chi connectivity index (χ3n) is 5.76. The van der Waals surface area contributed by atoms with Crippen LogP contribution in [0.15, 0.2) is 35.5 Å². The van der Waals surface area contributed by atoms with Crippen molar-refractivity contribution in [2.24, 2.45) is 10.7 Å². The fourth-order valence-corrected chi connectivity index (χ4v) is 6.04. The monoisotopic (exact) mass is 481 g/mol. The highest BCUT2D eigenvalue weighted by atomic mass is 32.2. The van der Waals surface area contributed by atoms with Crippen LogP contribution < -0.4 is 15.8 Å². The lowest BCUT2D eigenvalue weighted by atomic mass is 9.86. The number of ether oxygens (including phenoxy) is 2. The van der Waals surface area contributed by atoms with Crippen molar-refractivity contribution in [1.82, 2.24) is 9.29 Å². The minimum absolute atomic E-state index is 0.0752. The Morgan fingerprint density at radius 1 is 1.33 bits per heavy atom. The highest BCUT2D eigenvalue weighted by Crippen LogP contribution is 2.46. The van der Waals surface area contributed by atoms with E-state index in [9.17, 15) is 17.6 Å². The number of amides is 1. The van der Waals surface area contributed by atoms with Gasteiger partial charge in [-0.3, -0.25) is 4.79 Å². The van der Waals surface area contributed by atoms with Gasteiger partial charge in [0.2, 0.25) is 16.0 Å². The molecular formula is C20H21F2N5O5S. The third-order valence-corrected chi connectivity index (χ3v) is 8.13. The smallest absolute Gasteiger partial charge is 0.277 e. The number of nitrogens with one attached hydrogen (secondary N) is 1. The molecule has 2 aromatic rings. The van der Waals surface area contributed by atoms with Gasteiger partial charge in [-0.15, -0.1) is 0 Å². The molecule has 0 radical (unpaired) electrons. The maximum atomic E-state index is 15.0. The molecule has 10 nitrogen and oxygen atoms in total. The third kappa shape index (κ3) is 3.56. The normalized spacial score (nSPS) is 25.8. The van der Waals surface area contributed by atoms with Gasteiger partial charge in [0, 0.05) is 24.4 Å². The van der Waals surface area contributed by atoms with Crippen LogP contribution in [0.25, 0.3) is 0 Å². The SMILES string of the molecule is COc1cnc(C(=O)Nc2ccc(F)c(C34COC(C)C3S(=O)(=O)N(C)C(N)=N4)c2)c(F)c1. The fraction of sp³-hybridized carbons (Fsp3) is 0.350. The Kier molecular flexibility index (Phi) is 5.48. The fourth-order valence-electron chi connectivity index (χ4n) is 4.09. The van der Waals surface area contributed by atoms with E-state index in [0.717, 1.165) is 16.4 Å². The van der Waals surface area contributed by atoms with E-state index in [2.05, 4.69) is 15.3 Å². The summed E-state index contributed by atoms with van der Waals surface area (Å²) in [5.41, 5.74) is 3.64. The number of nitrogens with two attached hydrogens (primary N) is 1. The van der Waals surface area contributed by atoms with Crippen LogP contribution in [0.3, 0.4) is 0 Å². The molecule has 13 heteroatoms. The van der Waals surface area contributed by atoms with Gasteiger partial charge in [0.05, 0.1) is 26.0 Å². The zero-order valence-corrected chi connectivity index (χ0v) is 18.7. The molecule has 3 atom stereocenters. The summed E-state index contributed by atoms with van der Waals surface area (Å²) in [7, 11) is -1.44. The molecule has 0 bridgehead atoms. The number of methoxy groups -OCH3 is 1. The van der Waals surface area contributed by atoms with E-state index in [1.807, 2.05) is 0 Å². The number of nitrogens with zero attached hydrogens (tertiary/aromatic N) is 3. The van der Waals surface area contributed by atoms with E-state index in [-0.39, 0.29) is 29.6 Å². The quantitative estimate of drug-likeness (QED) is 0.670. The van der Waals surface area contributed by atoms with Crippen LogP contribution in [0.5, 0.6) is 5.75 Å². The Labute approximate surface area is 188 Å². The molecule has 0 aliphatic carbocycles. The topological polar surface area (TPSA) is 136 Å². The van der Waals surface area contributed by atoms with Crippen LogP contribution in [0.2, 0.25) is 0 Å². The number of carbonyl (C=O) groups is 1. The second kappa shape index (κ2) is 7.92. The maximum absolute atomic E-state index is 15.0. The number of rotatable bonds is 4. The molecule has 3 heterocycles. The Balaban J connectivity index is 1.76. The van der Waals surface area contributed by atoms with Crippen molar-refractivity contribution in [3.8, 4) is 5.75 Å². The molecule has 1 fully saturated rings. The van der Waals surface area contributed by atoms with Gasteiger partial charge < -0.3 is 20.5 Å². The number of benzene rings is 1. The molecule has 1 amide bonds. The van der Waals surface area contributed by atoms with Gasteiger partial charge in [-0.2, -0.15) is 0 Å². The summed E-state index contributed by atoms with van der Waals surface area (Å²) in [6.07, 6.45) is 0.375. The lowest BCUT2D eigenvalue weighted by Crippen LogP contribution is -2.58. The summed E-state index contributed by atoms with van der Waals surface area (Å²) in [5.74, 6) is -2.75. The van der Waals surface area contributed by atoms with Crippen LogP contribution in [0.1, 0.15) is 23.0 Å². The van der Waals surface area contributed by atoms with Gasteiger partial charge in [0.1, 0.15) is 22.4 Å². The van der Waals surface area contributed by atoms with Gasteiger partial charge in [-0.1, -0.05) is 0 Å². The molecule has 1 aromatic heterocycles. The molecule has 0 spiro atoms. The number of guanidine groups is 1. The summed E-state index contributed by atoms with van der Waals surface area (Å²) >= 11 is 0. The molecule has 33 heavy (non-hydrogen) atoms. The zero-order chi connectivity index (χ0) is 24.1. The number of anilines is 1. The van der Waals surface area contributed by atoms with Crippen LogP contribution in [0.4, 0.5) is 14.5 Å². The highest BCUT2D eigenvalue weighted by molar-refractivity contribution is 7.90. The van der Waals surface area contributed by atoms with Gasteiger partial charge in [-0.05, 0) is 25.1 Å². The Morgan fingerprint density at radius 3 is 2.73 bits per heavy atom. The van der Waals surface area contributed by atoms with Crippen molar-refractivity contribution < 1.29 is 31.5 Å². The van der Waals surface area contributed by atoms with E-state index in [1.165, 1.54) is 32.5 Å². The number of carbonyl (C=O) groups excluding carboxylic acids is 1. The average molecular weight is 481 g/mol. The molecule has 176 valence electrons. The summed E-state index contributed by atoms with van der Waals surface area (Å²) in [5, 5.41) is 1.20. The van der Waals surface area contributed by atoms with Crippen molar-refractivity contribution in [3.05, 3.63) is 53.4 Å². The minimum atomic E-state index is -4.02. The Bertz CT molecular complexity index is 1270. The van der Waals surface area contributed by atoms with Gasteiger partial charge in [-0.25, -0.2) is 31.5 Å². The number of pyridine rings is 1. The first-order chi connectivity index (χ1) is 15.5. The number of hydrogen-bond donors (Lipinski definition) is 2. The number of fused-ring (bicyclic) bond motifs is 1. The van der Waals surface area contributed by atoms with E-state index in [0.29, 0.717) is 0 Å². The van der Waals surface area contributed by atoms with E-state index < -0.39 is 50.2 Å². The number of aliphatic imine (C=N–C) groups is 1. The predicted molar refractivity (Wildman–Crippen MR) is 114 cm³/mol. The Morgan fingerprint density at radius 2 is 2.06 bits per heavy atom. The largest absolute Gasteiger partial charge is 0.495 e. The molecule has 3 unspecified atom stereocenters. The summed E-state index contributed by atoms with van der Waals surface area (Å²) in [4.78, 5) is 20.6. The molecule has 4 rings (SSSR count). The average Bonchev–Trinajstić information content (AvgIpc) is 3.11. The van der Waals surface area contributed by atoms with E-state index in [4.69, 9.17) is 15.2 Å². The van der Waals surface area contributed by atoms with Gasteiger partial charge in [0.25, 0.3) is 5.91 Å². The van der Waals surface area contributed by atoms with Crippen molar-refractivity contribution in [2.45, 2.75) is 23.8 Å². The zero-order valence-electron chi connectivity index (χ0n) is 17.9. The van der Waals surface area contributed by atoms with Gasteiger partial charge in [0.15, 0.2) is 11.5 Å². The number of hydrogen-bond acceptors (Lipinski definition) is 8. The maximum Gasteiger partial charge on any atom is 0.277 e. The standard InChI is InChI=1S/C20H21F2N5O5S/c1-10-17-20(9-32-10,26-19(23)27(2)33(17,29)30)13-6-11(4-5-14(13)21)25-18(28)16-15(22)7-12(31-3)8-24-16/h4-8,10,17H,9H2,1-3H3,(H2,23,26)(H,25,28). The van der Waals surface area contributed by atoms with Crippen LogP contribution in [-0.4, -0.2) is 61.7 Å². The van der Waals surface area contributed by atoms with Crippen molar-refractivity contribution in [1.29, 1.82) is 0 Å². The molecule has 0 saturated carbocycles. The summed E-state index contributed by atoms with van der Waals surface area (Å²) < 4.78 is 66.7. The van der Waals surface area contributed by atoms with Crippen molar-refractivity contribution in [3.63, 3.8) is 0 Å². The van der Waals surface area contributed by atoms with Crippen molar-refractivity contribution in [2.75, 3.05) is 26.1 Å². The minimum Gasteiger partial charge on any atom is -0.495 e. The first-order valence-corrected chi connectivity index (χ1v) is 11.3. The lowest BCUT2D eigenvalue weighted by Gasteiger charge is -2.39. The molecule has 3 N–H and O–H groups in total. The highest BCUT2D eigenvalue weighted by Gasteiger charge is 2.61. The van der Waals surface area contributed by atoms with E-state index in [1.54, 1.807) is 6.92 Å². The molecule has 2 aliphatic heterocycles. The number of halogens is 2. The summed E-state index contributed by atoms with van der Waals surface area (Å²) in [6.45, 7) is 1.31. The lowest BCUT2D eigenvalue weighted by molar-refractivity contribution is 0.101. The first-order valence-electron chi connectivity index (χ1n) is 9.77.